The molecular formula is C19H19N3O. The summed E-state index contributed by atoms with van der Waals surface area (Å²) >= 11 is 0. The summed E-state index contributed by atoms with van der Waals surface area (Å²) in [5.41, 5.74) is 3.55. The molecule has 4 rings (SSSR count). The maximum absolute atomic E-state index is 6.07. The molecule has 0 spiro atoms. The summed E-state index contributed by atoms with van der Waals surface area (Å²) in [7, 11) is 0. The lowest BCUT2D eigenvalue weighted by Crippen LogP contribution is -2.24. The van der Waals surface area contributed by atoms with E-state index >= 15 is 0 Å². The predicted molar refractivity (Wildman–Crippen MR) is 92.0 cm³/mol. The van der Waals surface area contributed by atoms with Crippen molar-refractivity contribution in [3.8, 4) is 5.75 Å². The molecule has 0 bridgehead atoms. The Morgan fingerprint density at radius 1 is 1.09 bits per heavy atom. The van der Waals surface area contributed by atoms with Gasteiger partial charge in [0, 0.05) is 42.6 Å². The van der Waals surface area contributed by atoms with Gasteiger partial charge in [0.25, 0.3) is 0 Å². The Bertz CT molecular complexity index is 819. The molecule has 1 aliphatic heterocycles. The second-order valence-corrected chi connectivity index (χ2v) is 5.96. The highest BCUT2D eigenvalue weighted by Gasteiger charge is 2.25. The Labute approximate surface area is 135 Å². The molecule has 1 aliphatic rings. The lowest BCUT2D eigenvalue weighted by molar-refractivity contribution is 0.225. The van der Waals surface area contributed by atoms with Crippen LogP contribution in [0.3, 0.4) is 0 Å². The van der Waals surface area contributed by atoms with Crippen LogP contribution in [0.1, 0.15) is 12.0 Å². The highest BCUT2D eigenvalue weighted by Crippen LogP contribution is 2.30. The van der Waals surface area contributed by atoms with Crippen LogP contribution >= 0.6 is 0 Å². The van der Waals surface area contributed by atoms with E-state index in [0.29, 0.717) is 0 Å². The zero-order valence-corrected chi connectivity index (χ0v) is 13.1. The lowest BCUT2D eigenvalue weighted by atomic mass is 10.1. The lowest BCUT2D eigenvalue weighted by Gasteiger charge is -2.21. The van der Waals surface area contributed by atoms with Gasteiger partial charge in [-0.15, -0.1) is 0 Å². The van der Waals surface area contributed by atoms with Crippen LogP contribution in [0.2, 0.25) is 0 Å². The molecule has 4 heteroatoms. The van der Waals surface area contributed by atoms with Crippen molar-refractivity contribution in [3.05, 3.63) is 60.6 Å². The first kappa shape index (κ1) is 14.0. The summed E-state index contributed by atoms with van der Waals surface area (Å²) in [5, 5.41) is 1.22. The topological polar surface area (TPSA) is 38.2 Å². The average molecular weight is 305 g/mol. The number of aromatic nitrogens is 2. The zero-order valence-electron chi connectivity index (χ0n) is 13.1. The first-order valence-corrected chi connectivity index (χ1v) is 7.97. The fourth-order valence-corrected chi connectivity index (χ4v) is 3.24. The van der Waals surface area contributed by atoms with Gasteiger partial charge in [0.2, 0.25) is 0 Å². The minimum Gasteiger partial charge on any atom is -0.488 e. The quantitative estimate of drug-likeness (QED) is 0.741. The highest BCUT2D eigenvalue weighted by molar-refractivity contribution is 5.93. The number of hydrogen-bond acceptors (Lipinski definition) is 4. The first-order chi connectivity index (χ1) is 11.3. The SMILES string of the molecule is Cc1cccc2c(N3CCC(Oc4ccncc4)C3)ccnc12. The van der Waals surface area contributed by atoms with Gasteiger partial charge in [-0.25, -0.2) is 0 Å². The number of para-hydroxylation sites is 1. The second-order valence-electron chi connectivity index (χ2n) is 5.96. The first-order valence-electron chi connectivity index (χ1n) is 7.97. The van der Waals surface area contributed by atoms with Crippen LogP contribution < -0.4 is 9.64 Å². The molecule has 2 aromatic heterocycles. The van der Waals surface area contributed by atoms with Crippen LogP contribution in [-0.4, -0.2) is 29.2 Å². The Balaban J connectivity index is 1.57. The summed E-state index contributed by atoms with van der Waals surface area (Å²) in [6, 6.07) is 12.3. The van der Waals surface area contributed by atoms with E-state index in [1.165, 1.54) is 16.6 Å². The monoisotopic (exact) mass is 305 g/mol. The van der Waals surface area contributed by atoms with Gasteiger partial charge in [-0.05, 0) is 30.7 Å². The van der Waals surface area contributed by atoms with Crippen molar-refractivity contribution >= 4 is 16.6 Å². The van der Waals surface area contributed by atoms with E-state index in [9.17, 15) is 0 Å². The van der Waals surface area contributed by atoms with Crippen LogP contribution in [0.15, 0.2) is 55.0 Å². The van der Waals surface area contributed by atoms with Gasteiger partial charge in [-0.2, -0.15) is 0 Å². The molecule has 116 valence electrons. The molecule has 1 atom stereocenters. The molecule has 4 nitrogen and oxygen atoms in total. The predicted octanol–water partition coefficient (Wildman–Crippen LogP) is 3.60. The third-order valence-electron chi connectivity index (χ3n) is 4.39. The summed E-state index contributed by atoms with van der Waals surface area (Å²) in [5.74, 6) is 0.891. The molecule has 0 aliphatic carbocycles. The standard InChI is InChI=1S/C19H19N3O/c1-14-3-2-4-17-18(7-11-21-19(14)17)22-12-8-16(13-22)23-15-5-9-20-10-6-15/h2-7,9-11,16H,8,12-13H2,1H3. The van der Waals surface area contributed by atoms with E-state index in [1.54, 1.807) is 12.4 Å². The largest absolute Gasteiger partial charge is 0.488 e. The molecule has 3 aromatic rings. The minimum atomic E-state index is 0.213. The molecule has 0 saturated carbocycles. The third-order valence-corrected chi connectivity index (χ3v) is 4.39. The Kier molecular flexibility index (Phi) is 3.58. The van der Waals surface area contributed by atoms with Gasteiger partial charge in [0.1, 0.15) is 11.9 Å². The van der Waals surface area contributed by atoms with Crippen LogP contribution in [0.5, 0.6) is 5.75 Å². The zero-order chi connectivity index (χ0) is 15.6. The number of aryl methyl sites for hydroxylation is 1. The summed E-state index contributed by atoms with van der Waals surface area (Å²) in [6.07, 6.45) is 6.67. The molecule has 1 saturated heterocycles. The Morgan fingerprint density at radius 3 is 2.83 bits per heavy atom. The van der Waals surface area contributed by atoms with Crippen molar-refractivity contribution in [2.75, 3.05) is 18.0 Å². The Morgan fingerprint density at radius 2 is 1.96 bits per heavy atom. The number of ether oxygens (including phenoxy) is 1. The van der Waals surface area contributed by atoms with Crippen LogP contribution in [0.4, 0.5) is 5.69 Å². The number of hydrogen-bond donors (Lipinski definition) is 0. The van der Waals surface area contributed by atoms with Crippen molar-refractivity contribution < 1.29 is 4.74 Å². The number of nitrogens with zero attached hydrogens (tertiary/aromatic N) is 3. The van der Waals surface area contributed by atoms with Crippen molar-refractivity contribution in [1.29, 1.82) is 0 Å². The molecule has 0 N–H and O–H groups in total. The second kappa shape index (κ2) is 5.88. The number of pyridine rings is 2. The van der Waals surface area contributed by atoms with Gasteiger partial charge >= 0.3 is 0 Å². The Hall–Kier alpha value is -2.62. The highest BCUT2D eigenvalue weighted by atomic mass is 16.5. The fraction of sp³-hybridized carbons (Fsp3) is 0.263. The minimum absolute atomic E-state index is 0.213. The fourth-order valence-electron chi connectivity index (χ4n) is 3.24. The van der Waals surface area contributed by atoms with E-state index in [-0.39, 0.29) is 6.10 Å². The molecule has 23 heavy (non-hydrogen) atoms. The smallest absolute Gasteiger partial charge is 0.122 e. The number of rotatable bonds is 3. The molecule has 3 heterocycles. The third kappa shape index (κ3) is 2.72. The van der Waals surface area contributed by atoms with E-state index in [0.717, 1.165) is 30.8 Å². The van der Waals surface area contributed by atoms with Crippen LogP contribution in [0, 0.1) is 6.92 Å². The number of benzene rings is 1. The molecule has 0 amide bonds. The van der Waals surface area contributed by atoms with Crippen molar-refractivity contribution in [3.63, 3.8) is 0 Å². The van der Waals surface area contributed by atoms with Gasteiger partial charge in [0.15, 0.2) is 0 Å². The summed E-state index contributed by atoms with van der Waals surface area (Å²) < 4.78 is 6.07. The molecule has 0 radical (unpaired) electrons. The molecule has 1 fully saturated rings. The molecular weight excluding hydrogens is 286 g/mol. The summed E-state index contributed by atoms with van der Waals surface area (Å²) in [4.78, 5) is 11.0. The van der Waals surface area contributed by atoms with Gasteiger partial charge in [-0.1, -0.05) is 18.2 Å². The maximum Gasteiger partial charge on any atom is 0.122 e. The van der Waals surface area contributed by atoms with Gasteiger partial charge in [0.05, 0.1) is 12.1 Å². The van der Waals surface area contributed by atoms with E-state index in [2.05, 4.69) is 46.1 Å². The van der Waals surface area contributed by atoms with Crippen molar-refractivity contribution in [2.24, 2.45) is 0 Å². The maximum atomic E-state index is 6.07. The normalized spacial score (nSPS) is 17.6. The van der Waals surface area contributed by atoms with Crippen LogP contribution in [-0.2, 0) is 0 Å². The van der Waals surface area contributed by atoms with Crippen molar-refractivity contribution in [2.45, 2.75) is 19.4 Å². The number of fused-ring (bicyclic) bond motifs is 1. The average Bonchev–Trinajstić information content (AvgIpc) is 3.04. The van der Waals surface area contributed by atoms with E-state index in [4.69, 9.17) is 4.74 Å². The number of anilines is 1. The van der Waals surface area contributed by atoms with Crippen LogP contribution in [0.25, 0.3) is 10.9 Å². The van der Waals surface area contributed by atoms with Gasteiger partial charge in [-0.3, -0.25) is 9.97 Å². The van der Waals surface area contributed by atoms with Gasteiger partial charge < -0.3 is 9.64 Å². The van der Waals surface area contributed by atoms with E-state index < -0.39 is 0 Å². The van der Waals surface area contributed by atoms with Crippen molar-refractivity contribution in [1.82, 2.24) is 9.97 Å². The molecule has 1 unspecified atom stereocenters. The molecule has 1 aromatic carbocycles. The summed E-state index contributed by atoms with van der Waals surface area (Å²) in [6.45, 7) is 4.01. The van der Waals surface area contributed by atoms with E-state index in [1.807, 2.05) is 18.3 Å².